The highest BCUT2D eigenvalue weighted by Gasteiger charge is 2.29. The third-order valence-electron chi connectivity index (χ3n) is 5.17. The van der Waals surface area contributed by atoms with Gasteiger partial charge in [-0.2, -0.15) is 0 Å². The highest BCUT2D eigenvalue weighted by atomic mass is 16.5. The Labute approximate surface area is 163 Å². The van der Waals surface area contributed by atoms with Gasteiger partial charge in [0.2, 0.25) is 11.8 Å². The number of likely N-dealkylation sites (tertiary alicyclic amines) is 1. The largest absolute Gasteiger partial charge is 0.361 e. The number of amides is 2. The minimum absolute atomic E-state index is 0.0209. The highest BCUT2D eigenvalue weighted by molar-refractivity contribution is 5.90. The molecule has 1 fully saturated rings. The van der Waals surface area contributed by atoms with Crippen LogP contribution in [-0.2, 0) is 22.4 Å². The fraction of sp³-hybridized carbons (Fsp3) is 0.381. The smallest absolute Gasteiger partial charge is 0.245 e. The van der Waals surface area contributed by atoms with Crippen molar-refractivity contribution >= 4 is 22.7 Å². The van der Waals surface area contributed by atoms with Gasteiger partial charge in [0, 0.05) is 42.7 Å². The Hall–Kier alpha value is -3.09. The number of rotatable bonds is 6. The fourth-order valence-electron chi connectivity index (χ4n) is 3.79. The van der Waals surface area contributed by atoms with Crippen molar-refractivity contribution in [3.05, 3.63) is 53.5 Å². The molecule has 3 aromatic rings. The Morgan fingerprint density at radius 3 is 2.82 bits per heavy atom. The van der Waals surface area contributed by atoms with Crippen molar-refractivity contribution in [1.82, 2.24) is 20.4 Å². The minimum atomic E-state index is -0.599. The maximum Gasteiger partial charge on any atom is 0.245 e. The molecule has 7 heteroatoms. The van der Waals surface area contributed by atoms with E-state index in [4.69, 9.17) is 4.52 Å². The first-order valence-electron chi connectivity index (χ1n) is 9.65. The van der Waals surface area contributed by atoms with Gasteiger partial charge in [0.15, 0.2) is 0 Å². The molecule has 1 saturated heterocycles. The van der Waals surface area contributed by atoms with E-state index in [2.05, 4.69) is 15.5 Å². The number of benzene rings is 1. The first-order valence-corrected chi connectivity index (χ1v) is 9.65. The molecule has 3 heterocycles. The molecule has 28 heavy (non-hydrogen) atoms. The normalized spacial score (nSPS) is 15.1. The zero-order chi connectivity index (χ0) is 19.5. The number of carbonyl (C=O) groups excluding carboxylic acids is 2. The van der Waals surface area contributed by atoms with Gasteiger partial charge in [-0.15, -0.1) is 0 Å². The molecule has 2 amide bonds. The zero-order valence-electron chi connectivity index (χ0n) is 15.9. The molecular weight excluding hydrogens is 356 g/mol. The average Bonchev–Trinajstić information content (AvgIpc) is 3.43. The summed E-state index contributed by atoms with van der Waals surface area (Å²) in [6, 6.07) is 9.11. The van der Waals surface area contributed by atoms with Crippen molar-refractivity contribution in [2.75, 3.05) is 13.1 Å². The van der Waals surface area contributed by atoms with Crippen LogP contribution in [0.4, 0.5) is 0 Å². The Balaban J connectivity index is 1.52. The molecule has 1 atom stereocenters. The second kappa shape index (κ2) is 7.88. The Morgan fingerprint density at radius 1 is 1.29 bits per heavy atom. The van der Waals surface area contributed by atoms with E-state index in [0.717, 1.165) is 42.4 Å². The molecule has 4 rings (SSSR count). The monoisotopic (exact) mass is 380 g/mol. The molecule has 2 aromatic heterocycles. The first-order chi connectivity index (χ1) is 13.6. The van der Waals surface area contributed by atoms with Crippen LogP contribution in [-0.4, -0.2) is 46.0 Å². The number of carbonyl (C=O) groups is 2. The van der Waals surface area contributed by atoms with Gasteiger partial charge in [-0.25, -0.2) is 0 Å². The number of aromatic nitrogens is 2. The number of nitrogens with one attached hydrogen (secondary N) is 2. The van der Waals surface area contributed by atoms with Crippen LogP contribution in [0.2, 0.25) is 0 Å². The van der Waals surface area contributed by atoms with Crippen LogP contribution in [0.15, 0.2) is 41.1 Å². The minimum Gasteiger partial charge on any atom is -0.361 e. The third kappa shape index (κ3) is 3.93. The van der Waals surface area contributed by atoms with Crippen LogP contribution in [0, 0.1) is 6.92 Å². The summed E-state index contributed by atoms with van der Waals surface area (Å²) in [6.07, 6.45) is 4.48. The summed E-state index contributed by atoms with van der Waals surface area (Å²) in [5, 5.41) is 7.87. The number of aryl methyl sites for hydroxylation is 1. The Morgan fingerprint density at radius 2 is 2.07 bits per heavy atom. The van der Waals surface area contributed by atoms with Gasteiger partial charge >= 0.3 is 0 Å². The van der Waals surface area contributed by atoms with Crippen LogP contribution in [0.25, 0.3) is 10.9 Å². The number of para-hydroxylation sites is 1. The maximum absolute atomic E-state index is 13.1. The Kier molecular flexibility index (Phi) is 5.14. The van der Waals surface area contributed by atoms with E-state index in [1.54, 1.807) is 13.0 Å². The summed E-state index contributed by atoms with van der Waals surface area (Å²) in [6.45, 7) is 3.29. The first kappa shape index (κ1) is 18.3. The van der Waals surface area contributed by atoms with E-state index >= 15 is 0 Å². The highest BCUT2D eigenvalue weighted by Crippen LogP contribution is 2.20. The van der Waals surface area contributed by atoms with E-state index in [1.165, 1.54) is 0 Å². The lowest BCUT2D eigenvalue weighted by Gasteiger charge is -2.24. The van der Waals surface area contributed by atoms with Crippen molar-refractivity contribution in [3.8, 4) is 0 Å². The number of aromatic amines is 1. The second-order valence-corrected chi connectivity index (χ2v) is 7.32. The van der Waals surface area contributed by atoms with Gasteiger partial charge in [-0.1, -0.05) is 23.4 Å². The van der Waals surface area contributed by atoms with Crippen LogP contribution >= 0.6 is 0 Å². The predicted octanol–water partition coefficient (Wildman–Crippen LogP) is 2.36. The molecule has 1 aliphatic heterocycles. The lowest BCUT2D eigenvalue weighted by molar-refractivity contribution is -0.135. The van der Waals surface area contributed by atoms with E-state index < -0.39 is 6.04 Å². The summed E-state index contributed by atoms with van der Waals surface area (Å²) < 4.78 is 5.02. The lowest BCUT2D eigenvalue weighted by atomic mass is 10.0. The SMILES string of the molecule is Cc1cc(CC(=O)NC(Cc2c[nH]c3ccccc23)C(=O)N2CCCC2)no1. The topological polar surface area (TPSA) is 91.2 Å². The van der Waals surface area contributed by atoms with E-state index in [0.29, 0.717) is 17.9 Å². The standard InChI is InChI=1S/C21H24N4O3/c1-14-10-16(24-28-14)12-20(26)23-19(21(27)25-8-4-5-9-25)11-15-13-22-18-7-3-2-6-17(15)18/h2-3,6-7,10,13,19,22H,4-5,8-9,11-12H2,1H3,(H,23,26). The van der Waals surface area contributed by atoms with Crippen LogP contribution in [0.3, 0.4) is 0 Å². The molecule has 0 bridgehead atoms. The van der Waals surface area contributed by atoms with Crippen LogP contribution in [0.1, 0.15) is 29.9 Å². The third-order valence-corrected chi connectivity index (χ3v) is 5.17. The van der Waals surface area contributed by atoms with Gasteiger partial charge in [0.25, 0.3) is 0 Å². The van der Waals surface area contributed by atoms with Crippen LogP contribution < -0.4 is 5.32 Å². The van der Waals surface area contributed by atoms with Gasteiger partial charge in [-0.3, -0.25) is 9.59 Å². The van der Waals surface area contributed by atoms with Crippen LogP contribution in [0.5, 0.6) is 0 Å². The molecule has 0 saturated carbocycles. The summed E-state index contributed by atoms with van der Waals surface area (Å²) in [7, 11) is 0. The molecule has 0 spiro atoms. The van der Waals surface area contributed by atoms with Crippen molar-refractivity contribution in [2.24, 2.45) is 0 Å². The number of H-pyrrole nitrogens is 1. The van der Waals surface area contributed by atoms with Crippen molar-refractivity contribution in [2.45, 2.75) is 38.6 Å². The van der Waals surface area contributed by atoms with Gasteiger partial charge < -0.3 is 19.7 Å². The van der Waals surface area contributed by atoms with Crippen molar-refractivity contribution < 1.29 is 14.1 Å². The zero-order valence-corrected chi connectivity index (χ0v) is 15.9. The number of hydrogen-bond donors (Lipinski definition) is 2. The fourth-order valence-corrected chi connectivity index (χ4v) is 3.79. The maximum atomic E-state index is 13.1. The van der Waals surface area contributed by atoms with E-state index in [1.807, 2.05) is 35.4 Å². The molecule has 1 aliphatic rings. The number of fused-ring (bicyclic) bond motifs is 1. The molecule has 7 nitrogen and oxygen atoms in total. The molecule has 2 N–H and O–H groups in total. The van der Waals surface area contributed by atoms with Crippen molar-refractivity contribution in [3.63, 3.8) is 0 Å². The van der Waals surface area contributed by atoms with E-state index in [9.17, 15) is 9.59 Å². The van der Waals surface area contributed by atoms with Gasteiger partial charge in [0.05, 0.1) is 12.1 Å². The molecule has 0 radical (unpaired) electrons. The van der Waals surface area contributed by atoms with Gasteiger partial charge in [0.1, 0.15) is 11.8 Å². The summed E-state index contributed by atoms with van der Waals surface area (Å²) >= 11 is 0. The molecule has 1 unspecified atom stereocenters. The van der Waals surface area contributed by atoms with Gasteiger partial charge in [-0.05, 0) is 31.4 Å². The predicted molar refractivity (Wildman–Crippen MR) is 105 cm³/mol. The van der Waals surface area contributed by atoms with Crippen molar-refractivity contribution in [1.29, 1.82) is 0 Å². The quantitative estimate of drug-likeness (QED) is 0.687. The molecule has 0 aliphatic carbocycles. The van der Waals surface area contributed by atoms with E-state index in [-0.39, 0.29) is 18.2 Å². The summed E-state index contributed by atoms with van der Waals surface area (Å²) in [5.41, 5.74) is 2.61. The average molecular weight is 380 g/mol. The second-order valence-electron chi connectivity index (χ2n) is 7.32. The molecule has 1 aromatic carbocycles. The molecular formula is C21H24N4O3. The number of nitrogens with zero attached hydrogens (tertiary/aromatic N) is 2. The molecule has 146 valence electrons. The summed E-state index contributed by atoms with van der Waals surface area (Å²) in [4.78, 5) is 30.7. The Bertz CT molecular complexity index is 984. The lowest BCUT2D eigenvalue weighted by Crippen LogP contribution is -2.49. The number of hydrogen-bond acceptors (Lipinski definition) is 4. The summed E-state index contributed by atoms with van der Waals surface area (Å²) in [5.74, 6) is 0.407.